The number of aromatic nitrogens is 4. The topological polar surface area (TPSA) is 77.9 Å². The number of imidazole rings is 1. The van der Waals surface area contributed by atoms with Gasteiger partial charge in [0.1, 0.15) is 5.52 Å². The fraction of sp³-hybridized carbons (Fsp3) is 0.583. The van der Waals surface area contributed by atoms with Crippen LogP contribution in [0, 0.1) is 5.92 Å². The lowest BCUT2D eigenvalue weighted by Crippen LogP contribution is -2.37. The van der Waals surface area contributed by atoms with Gasteiger partial charge in [0, 0.05) is 13.1 Å². The molecule has 2 aromatic rings. The summed E-state index contributed by atoms with van der Waals surface area (Å²) in [6.45, 7) is 3.57. The molecule has 0 bridgehead atoms. The molecule has 1 aliphatic rings. The fourth-order valence-electron chi connectivity index (χ4n) is 2.61. The lowest BCUT2D eigenvalue weighted by atomic mass is 9.92. The summed E-state index contributed by atoms with van der Waals surface area (Å²) in [5, 5.41) is 9.85. The van der Waals surface area contributed by atoms with E-state index in [-0.39, 0.29) is 11.4 Å². The second kappa shape index (κ2) is 4.94. The molecule has 0 spiro atoms. The highest BCUT2D eigenvalue weighted by atomic mass is 35.5. The third-order valence-electron chi connectivity index (χ3n) is 3.76. The predicted octanol–water partition coefficient (Wildman–Crippen LogP) is 1.60. The smallest absolute Gasteiger partial charge is 0.226 e. The summed E-state index contributed by atoms with van der Waals surface area (Å²) in [7, 11) is 0. The van der Waals surface area contributed by atoms with E-state index in [1.807, 2.05) is 6.92 Å². The summed E-state index contributed by atoms with van der Waals surface area (Å²) in [4.78, 5) is 17.7. The summed E-state index contributed by atoms with van der Waals surface area (Å²) >= 11 is 5.94. The van der Waals surface area contributed by atoms with Crippen LogP contribution in [0.2, 0.25) is 5.28 Å². The van der Waals surface area contributed by atoms with Gasteiger partial charge < -0.3 is 15.0 Å². The van der Waals surface area contributed by atoms with Crippen LogP contribution < -0.4 is 4.90 Å². The minimum absolute atomic E-state index is 0.215. The third-order valence-corrected chi connectivity index (χ3v) is 3.93. The van der Waals surface area contributed by atoms with Crippen LogP contribution in [0.4, 0.5) is 5.82 Å². The third kappa shape index (κ3) is 2.37. The van der Waals surface area contributed by atoms with Gasteiger partial charge >= 0.3 is 0 Å². The van der Waals surface area contributed by atoms with Gasteiger partial charge in [0.15, 0.2) is 11.5 Å². The molecule has 19 heavy (non-hydrogen) atoms. The molecule has 1 aliphatic heterocycles. The van der Waals surface area contributed by atoms with Gasteiger partial charge in [0.25, 0.3) is 0 Å². The van der Waals surface area contributed by atoms with Crippen LogP contribution >= 0.6 is 11.6 Å². The first-order valence-electron chi connectivity index (χ1n) is 6.45. The Balaban J connectivity index is 1.87. The Labute approximate surface area is 115 Å². The number of aliphatic hydroxyl groups excluding tert-OH is 1. The molecule has 0 aliphatic carbocycles. The number of nitrogens with zero attached hydrogens (tertiary/aromatic N) is 4. The van der Waals surface area contributed by atoms with Crippen LogP contribution in [0.25, 0.3) is 11.2 Å². The Morgan fingerprint density at radius 2 is 2.16 bits per heavy atom. The second-order valence-electron chi connectivity index (χ2n) is 4.98. The molecule has 7 heteroatoms. The second-order valence-corrected chi connectivity index (χ2v) is 5.32. The largest absolute Gasteiger partial charge is 0.393 e. The predicted molar refractivity (Wildman–Crippen MR) is 73.3 cm³/mol. The highest BCUT2D eigenvalue weighted by Crippen LogP contribution is 2.28. The molecule has 0 radical (unpaired) electrons. The number of anilines is 1. The molecule has 102 valence electrons. The first-order chi connectivity index (χ1) is 9.15. The maximum Gasteiger partial charge on any atom is 0.226 e. The van der Waals surface area contributed by atoms with Crippen molar-refractivity contribution in [1.29, 1.82) is 0 Å². The average Bonchev–Trinajstić information content (AvgIpc) is 2.85. The van der Waals surface area contributed by atoms with Crippen molar-refractivity contribution in [1.82, 2.24) is 19.9 Å². The molecule has 6 nitrogen and oxygen atoms in total. The van der Waals surface area contributed by atoms with Crippen molar-refractivity contribution < 1.29 is 5.11 Å². The quantitative estimate of drug-likeness (QED) is 0.818. The highest BCUT2D eigenvalue weighted by Gasteiger charge is 2.25. The zero-order valence-electron chi connectivity index (χ0n) is 10.7. The molecule has 2 N–H and O–H groups in total. The summed E-state index contributed by atoms with van der Waals surface area (Å²) in [5.41, 5.74) is 1.41. The van der Waals surface area contributed by atoms with Crippen molar-refractivity contribution in [3.8, 4) is 0 Å². The van der Waals surface area contributed by atoms with Crippen molar-refractivity contribution in [3.63, 3.8) is 0 Å². The summed E-state index contributed by atoms with van der Waals surface area (Å²) in [5.74, 6) is 1.17. The Kier molecular flexibility index (Phi) is 3.28. The molecule has 3 rings (SSSR count). The molecule has 0 aromatic carbocycles. The lowest BCUT2D eigenvalue weighted by Gasteiger charge is -2.34. The maximum atomic E-state index is 9.64. The molecule has 1 fully saturated rings. The zero-order valence-corrected chi connectivity index (χ0v) is 11.4. The highest BCUT2D eigenvalue weighted by molar-refractivity contribution is 6.28. The van der Waals surface area contributed by atoms with E-state index >= 15 is 0 Å². The zero-order chi connectivity index (χ0) is 13.4. The SMILES string of the molecule is CC(O)C1CCN(c2nc(Cl)nc3nc[nH]c23)CC1. The van der Waals surface area contributed by atoms with E-state index in [0.717, 1.165) is 37.3 Å². The van der Waals surface area contributed by atoms with Crippen molar-refractivity contribution in [2.24, 2.45) is 5.92 Å². The van der Waals surface area contributed by atoms with Gasteiger partial charge in [-0.1, -0.05) is 0 Å². The van der Waals surface area contributed by atoms with Crippen molar-refractivity contribution >= 4 is 28.6 Å². The first kappa shape index (κ1) is 12.6. The van der Waals surface area contributed by atoms with Crippen molar-refractivity contribution in [2.45, 2.75) is 25.9 Å². The van der Waals surface area contributed by atoms with Gasteiger partial charge in [-0.05, 0) is 37.3 Å². The van der Waals surface area contributed by atoms with Crippen LogP contribution in [-0.2, 0) is 0 Å². The molecule has 2 aromatic heterocycles. The summed E-state index contributed by atoms with van der Waals surface area (Å²) in [6.07, 6.45) is 3.26. The van der Waals surface area contributed by atoms with E-state index in [1.54, 1.807) is 6.33 Å². The Bertz CT molecular complexity index is 577. The van der Waals surface area contributed by atoms with E-state index < -0.39 is 0 Å². The summed E-state index contributed by atoms with van der Waals surface area (Å²) < 4.78 is 0. The number of rotatable bonds is 2. The number of halogens is 1. The van der Waals surface area contributed by atoms with Crippen molar-refractivity contribution in [2.75, 3.05) is 18.0 Å². The van der Waals surface area contributed by atoms with E-state index in [0.29, 0.717) is 11.6 Å². The van der Waals surface area contributed by atoms with E-state index in [9.17, 15) is 5.11 Å². The van der Waals surface area contributed by atoms with Gasteiger partial charge in [-0.15, -0.1) is 0 Å². The number of nitrogens with one attached hydrogen (secondary N) is 1. The Morgan fingerprint density at radius 3 is 2.84 bits per heavy atom. The summed E-state index contributed by atoms with van der Waals surface area (Å²) in [6, 6.07) is 0. The molecule has 0 saturated carbocycles. The van der Waals surface area contributed by atoms with E-state index in [4.69, 9.17) is 11.6 Å². The number of hydrogen-bond donors (Lipinski definition) is 2. The molecule has 3 heterocycles. The first-order valence-corrected chi connectivity index (χ1v) is 6.82. The molecule has 1 unspecified atom stereocenters. The van der Waals surface area contributed by atoms with Gasteiger partial charge in [-0.2, -0.15) is 9.97 Å². The number of piperidine rings is 1. The lowest BCUT2D eigenvalue weighted by molar-refractivity contribution is 0.110. The van der Waals surface area contributed by atoms with Crippen LogP contribution in [0.5, 0.6) is 0 Å². The number of hydrogen-bond acceptors (Lipinski definition) is 5. The maximum absolute atomic E-state index is 9.64. The number of H-pyrrole nitrogens is 1. The number of fused-ring (bicyclic) bond motifs is 1. The molecular formula is C12H16ClN5O. The molecule has 1 atom stereocenters. The fourth-order valence-corrected chi connectivity index (χ4v) is 2.77. The Morgan fingerprint density at radius 1 is 1.42 bits per heavy atom. The van der Waals surface area contributed by atoms with Gasteiger partial charge in [-0.25, -0.2) is 4.98 Å². The van der Waals surface area contributed by atoms with E-state index in [1.165, 1.54) is 0 Å². The standard InChI is InChI=1S/C12H16ClN5O/c1-7(19)8-2-4-18(5-3-8)11-9-10(15-6-14-9)16-12(13)17-11/h6-8,19H,2-5H2,1H3,(H,14,15,16,17). The molecule has 1 saturated heterocycles. The van der Waals surface area contributed by atoms with Gasteiger partial charge in [-0.3, -0.25) is 0 Å². The number of aromatic amines is 1. The molecule has 0 amide bonds. The minimum Gasteiger partial charge on any atom is -0.393 e. The van der Waals surface area contributed by atoms with Crippen LogP contribution in [0.15, 0.2) is 6.33 Å². The minimum atomic E-state index is -0.247. The molecular weight excluding hydrogens is 266 g/mol. The Hall–Kier alpha value is -1.40. The van der Waals surface area contributed by atoms with Crippen LogP contribution in [0.1, 0.15) is 19.8 Å². The van der Waals surface area contributed by atoms with Crippen LogP contribution in [0.3, 0.4) is 0 Å². The average molecular weight is 282 g/mol. The van der Waals surface area contributed by atoms with E-state index in [2.05, 4.69) is 24.8 Å². The number of aliphatic hydroxyl groups is 1. The monoisotopic (exact) mass is 281 g/mol. The van der Waals surface area contributed by atoms with Gasteiger partial charge in [0.2, 0.25) is 5.28 Å². The van der Waals surface area contributed by atoms with Crippen molar-refractivity contribution in [3.05, 3.63) is 11.6 Å². The normalized spacial score (nSPS) is 19.0. The van der Waals surface area contributed by atoms with Crippen LogP contribution in [-0.4, -0.2) is 44.2 Å². The van der Waals surface area contributed by atoms with Gasteiger partial charge in [0.05, 0.1) is 12.4 Å².